The second-order valence-electron chi connectivity index (χ2n) is 2.96. The molecule has 0 saturated heterocycles. The van der Waals surface area contributed by atoms with Crippen molar-refractivity contribution in [3.05, 3.63) is 47.9 Å². The molecule has 1 aromatic carbocycles. The molecule has 1 heterocycles. The normalized spacial score (nSPS) is 9.12. The van der Waals surface area contributed by atoms with Crippen LogP contribution in [0.5, 0.6) is 11.5 Å². The first kappa shape index (κ1) is 9.82. The zero-order chi connectivity index (χ0) is 11.4. The lowest BCUT2D eigenvalue weighted by Crippen LogP contribution is -1.90. The Morgan fingerprint density at radius 3 is 2.62 bits per heavy atom. The van der Waals surface area contributed by atoms with Crippen molar-refractivity contribution in [3.63, 3.8) is 0 Å². The molecule has 2 aromatic rings. The number of nitrogens with zero attached hydrogens (tertiary/aromatic N) is 2. The first-order valence-electron chi connectivity index (χ1n) is 4.48. The molecule has 0 spiro atoms. The summed E-state index contributed by atoms with van der Waals surface area (Å²) in [7, 11) is 0. The van der Waals surface area contributed by atoms with Crippen LogP contribution in [0.15, 0.2) is 41.2 Å². The number of rotatable bonds is 2. The van der Waals surface area contributed by atoms with Gasteiger partial charge in [0.05, 0.1) is 11.8 Å². The predicted octanol–water partition coefficient (Wildman–Crippen LogP) is 2.82. The highest BCUT2D eigenvalue weighted by Crippen LogP contribution is 2.26. The van der Waals surface area contributed by atoms with Crippen LogP contribution in [0.3, 0.4) is 0 Å². The Balaban J connectivity index is 2.43. The molecule has 4 heteroatoms. The molecule has 0 aliphatic carbocycles. The molecule has 0 saturated carbocycles. The van der Waals surface area contributed by atoms with E-state index in [1.54, 1.807) is 24.3 Å². The lowest BCUT2D eigenvalue weighted by molar-refractivity contribution is 0.465. The number of ether oxygens (including phenoxy) is 1. The van der Waals surface area contributed by atoms with Gasteiger partial charge in [-0.05, 0) is 12.1 Å². The first-order chi connectivity index (χ1) is 7.85. The van der Waals surface area contributed by atoms with Crippen molar-refractivity contribution in [2.24, 2.45) is 0 Å². The topological polar surface area (TPSA) is 69.9 Å². The third-order valence-corrected chi connectivity index (χ3v) is 1.98. The van der Waals surface area contributed by atoms with Gasteiger partial charge in [-0.3, -0.25) is 0 Å². The lowest BCUT2D eigenvalue weighted by Gasteiger charge is -2.05. The maximum atomic E-state index is 8.95. The van der Waals surface area contributed by atoms with Crippen LogP contribution in [-0.2, 0) is 0 Å². The van der Waals surface area contributed by atoms with Gasteiger partial charge in [0.2, 0.25) is 0 Å². The molecule has 1 aromatic heterocycles. The number of hydrogen-bond donors (Lipinski definition) is 0. The maximum Gasteiger partial charge on any atom is 0.165 e. The quantitative estimate of drug-likeness (QED) is 0.764. The van der Waals surface area contributed by atoms with E-state index in [0.717, 1.165) is 0 Å². The van der Waals surface area contributed by atoms with Gasteiger partial charge in [0.25, 0.3) is 0 Å². The number of benzene rings is 1. The molecule has 0 fully saturated rings. The van der Waals surface area contributed by atoms with Crippen LogP contribution in [0.4, 0.5) is 0 Å². The van der Waals surface area contributed by atoms with Crippen LogP contribution in [-0.4, -0.2) is 0 Å². The Labute approximate surface area is 91.9 Å². The highest BCUT2D eigenvalue weighted by molar-refractivity contribution is 5.54. The molecule has 0 bridgehead atoms. The van der Waals surface area contributed by atoms with Gasteiger partial charge >= 0.3 is 0 Å². The van der Waals surface area contributed by atoms with E-state index in [1.807, 2.05) is 12.1 Å². The Kier molecular flexibility index (Phi) is 2.58. The fourth-order valence-corrected chi connectivity index (χ4v) is 1.26. The molecule has 76 valence electrons. The van der Waals surface area contributed by atoms with Crippen molar-refractivity contribution in [1.29, 1.82) is 10.5 Å². The van der Waals surface area contributed by atoms with E-state index in [0.29, 0.717) is 17.1 Å². The van der Waals surface area contributed by atoms with Crippen LogP contribution < -0.4 is 4.74 Å². The molecular formula is C12H6N2O2. The number of hydrogen-bond acceptors (Lipinski definition) is 4. The summed E-state index contributed by atoms with van der Waals surface area (Å²) >= 11 is 0. The predicted molar refractivity (Wildman–Crippen MR) is 54.7 cm³/mol. The van der Waals surface area contributed by atoms with Crippen LogP contribution in [0, 0.1) is 22.7 Å². The van der Waals surface area contributed by atoms with Gasteiger partial charge in [-0.15, -0.1) is 0 Å². The minimum absolute atomic E-state index is 0.228. The van der Waals surface area contributed by atoms with Gasteiger partial charge < -0.3 is 9.15 Å². The van der Waals surface area contributed by atoms with Crippen LogP contribution in [0.25, 0.3) is 0 Å². The van der Waals surface area contributed by atoms with E-state index >= 15 is 0 Å². The van der Waals surface area contributed by atoms with E-state index in [-0.39, 0.29) is 5.56 Å². The second-order valence-corrected chi connectivity index (χ2v) is 2.96. The molecule has 4 nitrogen and oxygen atoms in total. The van der Waals surface area contributed by atoms with Crippen LogP contribution >= 0.6 is 0 Å². The third kappa shape index (κ3) is 1.73. The van der Waals surface area contributed by atoms with Crippen molar-refractivity contribution in [3.8, 4) is 23.6 Å². The average molecular weight is 210 g/mol. The largest absolute Gasteiger partial charge is 0.469 e. The average Bonchev–Trinajstić information content (AvgIpc) is 2.81. The fraction of sp³-hybridized carbons (Fsp3) is 0. The van der Waals surface area contributed by atoms with Crippen molar-refractivity contribution < 1.29 is 9.15 Å². The minimum atomic E-state index is 0.228. The Morgan fingerprint density at radius 1 is 1.12 bits per heavy atom. The molecule has 0 N–H and O–H groups in total. The standard InChI is InChI=1S/C12H6N2O2/c13-6-9-2-1-3-12(11(9)7-14)16-10-4-5-15-8-10/h1-5,8H. The maximum absolute atomic E-state index is 8.95. The van der Waals surface area contributed by atoms with Gasteiger partial charge in [-0.25, -0.2) is 0 Å². The summed E-state index contributed by atoms with van der Waals surface area (Å²) in [4.78, 5) is 0. The summed E-state index contributed by atoms with van der Waals surface area (Å²) in [5.41, 5.74) is 0.523. The lowest BCUT2D eigenvalue weighted by atomic mass is 10.1. The summed E-state index contributed by atoms with van der Waals surface area (Å²) in [6, 6.07) is 10.4. The smallest absolute Gasteiger partial charge is 0.165 e. The molecule has 0 unspecified atom stereocenters. The zero-order valence-corrected chi connectivity index (χ0v) is 8.18. The molecule has 0 aliphatic rings. The highest BCUT2D eigenvalue weighted by Gasteiger charge is 2.09. The third-order valence-electron chi connectivity index (χ3n) is 1.98. The summed E-state index contributed by atoms with van der Waals surface area (Å²) in [5.74, 6) is 0.842. The number of nitriles is 2. The molecular weight excluding hydrogens is 204 g/mol. The van der Waals surface area contributed by atoms with Crippen molar-refractivity contribution >= 4 is 0 Å². The Bertz CT molecular complexity index is 574. The molecule has 0 radical (unpaired) electrons. The summed E-state index contributed by atoms with van der Waals surface area (Å²) in [6.45, 7) is 0. The first-order valence-corrected chi connectivity index (χ1v) is 4.48. The molecule has 0 amide bonds. The molecule has 0 atom stereocenters. The van der Waals surface area contributed by atoms with Crippen LogP contribution in [0.1, 0.15) is 11.1 Å². The van der Waals surface area contributed by atoms with Gasteiger partial charge in [-0.1, -0.05) is 6.07 Å². The van der Waals surface area contributed by atoms with Gasteiger partial charge in [0, 0.05) is 6.07 Å². The van der Waals surface area contributed by atoms with E-state index in [2.05, 4.69) is 0 Å². The SMILES string of the molecule is N#Cc1cccc(Oc2ccoc2)c1C#N. The molecule has 16 heavy (non-hydrogen) atoms. The zero-order valence-electron chi connectivity index (χ0n) is 8.18. The molecule has 2 rings (SSSR count). The summed E-state index contributed by atoms with van der Waals surface area (Å²) in [5, 5.41) is 17.8. The molecule has 0 aliphatic heterocycles. The Hall–Kier alpha value is -2.72. The van der Waals surface area contributed by atoms with E-state index in [9.17, 15) is 0 Å². The monoisotopic (exact) mass is 210 g/mol. The van der Waals surface area contributed by atoms with Crippen molar-refractivity contribution in [2.45, 2.75) is 0 Å². The number of furan rings is 1. The van der Waals surface area contributed by atoms with E-state index < -0.39 is 0 Å². The van der Waals surface area contributed by atoms with Gasteiger partial charge in [0.15, 0.2) is 5.75 Å². The Morgan fingerprint density at radius 2 is 2.00 bits per heavy atom. The van der Waals surface area contributed by atoms with Gasteiger partial charge in [-0.2, -0.15) is 10.5 Å². The fourth-order valence-electron chi connectivity index (χ4n) is 1.26. The van der Waals surface area contributed by atoms with Crippen molar-refractivity contribution in [2.75, 3.05) is 0 Å². The van der Waals surface area contributed by atoms with E-state index in [1.165, 1.54) is 12.5 Å². The summed E-state index contributed by atoms with van der Waals surface area (Å²) < 4.78 is 10.3. The minimum Gasteiger partial charge on any atom is -0.469 e. The van der Waals surface area contributed by atoms with Crippen LogP contribution in [0.2, 0.25) is 0 Å². The van der Waals surface area contributed by atoms with Crippen molar-refractivity contribution in [1.82, 2.24) is 0 Å². The highest BCUT2D eigenvalue weighted by atomic mass is 16.5. The van der Waals surface area contributed by atoms with Gasteiger partial charge in [0.1, 0.15) is 29.7 Å². The second kappa shape index (κ2) is 4.20. The van der Waals surface area contributed by atoms with E-state index in [4.69, 9.17) is 19.7 Å². The summed E-state index contributed by atoms with van der Waals surface area (Å²) in [6.07, 6.45) is 2.88.